The Morgan fingerprint density at radius 2 is 1.44 bits per heavy atom. The molecule has 0 spiro atoms. The number of ether oxygens (including phenoxy) is 1. The smallest absolute Gasteiger partial charge is 0.267 e. The normalized spacial score (nSPS) is 11.9. The molecule has 5 nitrogen and oxygen atoms in total. The molecule has 8 aromatic rings. The largest absolute Gasteiger partial charge is 0.510 e. The maximum atomic E-state index is 6.84. The molecule has 5 aromatic carbocycles. The number of fused-ring (bicyclic) bond motifs is 3. The summed E-state index contributed by atoms with van der Waals surface area (Å²) in [5.74, 6) is 2.72. The van der Waals surface area contributed by atoms with Crippen LogP contribution in [0.25, 0.3) is 50.1 Å². The number of nitrogens with zero attached hydrogens (tertiary/aromatic N) is 4. The maximum Gasteiger partial charge on any atom is 0.267 e. The summed E-state index contributed by atoms with van der Waals surface area (Å²) in [5.41, 5.74) is 13.8. The molecule has 8 rings (SSSR count). The molecule has 0 N–H and O–H groups in total. The second-order valence-electron chi connectivity index (χ2n) is 16.8. The Kier molecular flexibility index (Phi) is 10.9. The van der Waals surface area contributed by atoms with Gasteiger partial charge in [0.1, 0.15) is 5.82 Å². The molecular formula is C51H50N4OPt-2. The van der Waals surface area contributed by atoms with Crippen molar-refractivity contribution in [2.75, 3.05) is 0 Å². The van der Waals surface area contributed by atoms with Crippen molar-refractivity contribution in [1.82, 2.24) is 14.1 Å². The van der Waals surface area contributed by atoms with E-state index in [1.165, 1.54) is 38.9 Å². The Bertz CT molecular complexity index is 2740. The Hall–Kier alpha value is -5.25. The van der Waals surface area contributed by atoms with Crippen molar-refractivity contribution in [3.63, 3.8) is 0 Å². The fraction of sp³-hybridized carbons (Fsp3) is 0.255. The predicted octanol–water partition coefficient (Wildman–Crippen LogP) is 12.6. The first-order valence-corrected chi connectivity index (χ1v) is 19.7. The molecule has 0 bridgehead atoms. The zero-order valence-electron chi connectivity index (χ0n) is 34.6. The quantitative estimate of drug-likeness (QED) is 0.112. The predicted molar refractivity (Wildman–Crippen MR) is 229 cm³/mol. The maximum absolute atomic E-state index is 6.84. The summed E-state index contributed by atoms with van der Waals surface area (Å²) in [6, 6.07) is 39.7. The van der Waals surface area contributed by atoms with Crippen LogP contribution in [0.3, 0.4) is 0 Å². The summed E-state index contributed by atoms with van der Waals surface area (Å²) < 4.78 is 13.1. The van der Waals surface area contributed by atoms with Crippen molar-refractivity contribution >= 4 is 21.8 Å². The van der Waals surface area contributed by atoms with Crippen LogP contribution in [0.15, 0.2) is 110 Å². The van der Waals surface area contributed by atoms with Gasteiger partial charge in [0.2, 0.25) is 0 Å². The van der Waals surface area contributed by atoms with Crippen LogP contribution in [0.5, 0.6) is 11.5 Å². The Labute approximate surface area is 352 Å². The van der Waals surface area contributed by atoms with Gasteiger partial charge in [0.05, 0.1) is 5.69 Å². The first-order chi connectivity index (χ1) is 26.8. The van der Waals surface area contributed by atoms with E-state index < -0.39 is 0 Å². The third kappa shape index (κ3) is 7.63. The summed E-state index contributed by atoms with van der Waals surface area (Å²) in [6.45, 7) is 22.2. The fourth-order valence-electron chi connectivity index (χ4n) is 7.83. The number of imidazole rings is 1. The molecule has 0 fully saturated rings. The number of benzene rings is 5. The van der Waals surface area contributed by atoms with Crippen LogP contribution in [0.1, 0.15) is 93.7 Å². The first-order valence-electron chi connectivity index (χ1n) is 19.7. The average Bonchev–Trinajstić information content (AvgIpc) is 3.79. The molecule has 0 aliphatic carbocycles. The number of aryl methyl sites for hydroxylation is 3. The Balaban J connectivity index is 0.00000496. The van der Waals surface area contributed by atoms with Gasteiger partial charge >= 0.3 is 0 Å². The summed E-state index contributed by atoms with van der Waals surface area (Å²) in [5, 5.41) is 2.24. The molecule has 6 heteroatoms. The van der Waals surface area contributed by atoms with Crippen molar-refractivity contribution in [1.29, 1.82) is 0 Å². The fourth-order valence-corrected chi connectivity index (χ4v) is 7.83. The Morgan fingerprint density at radius 3 is 2.16 bits per heavy atom. The van der Waals surface area contributed by atoms with Crippen molar-refractivity contribution in [3.05, 3.63) is 161 Å². The van der Waals surface area contributed by atoms with Crippen molar-refractivity contribution in [2.45, 2.75) is 86.5 Å². The molecule has 0 saturated carbocycles. The third-order valence-electron chi connectivity index (χ3n) is 11.0. The zero-order valence-corrected chi connectivity index (χ0v) is 36.8. The molecule has 0 radical (unpaired) electrons. The van der Waals surface area contributed by atoms with Crippen LogP contribution < -0.4 is 9.30 Å². The van der Waals surface area contributed by atoms with E-state index in [4.69, 9.17) is 9.72 Å². The van der Waals surface area contributed by atoms with Crippen LogP contribution in [-0.2, 0) is 26.5 Å². The minimum Gasteiger partial charge on any atom is -0.510 e. The summed E-state index contributed by atoms with van der Waals surface area (Å²) >= 11 is 0. The Morgan fingerprint density at radius 1 is 0.719 bits per heavy atom. The number of para-hydroxylation sites is 1. The van der Waals surface area contributed by atoms with Crippen molar-refractivity contribution < 1.29 is 30.4 Å². The van der Waals surface area contributed by atoms with E-state index in [9.17, 15) is 0 Å². The summed E-state index contributed by atoms with van der Waals surface area (Å²) in [4.78, 5) is 4.87. The molecular weight excluding hydrogens is 880 g/mol. The third-order valence-corrected chi connectivity index (χ3v) is 11.0. The molecule has 0 unspecified atom stereocenters. The summed E-state index contributed by atoms with van der Waals surface area (Å²) in [6.07, 6.45) is 9.59. The number of hydrogen-bond donors (Lipinski definition) is 0. The summed E-state index contributed by atoms with van der Waals surface area (Å²) in [7, 11) is 0. The average molecular weight is 930 g/mol. The monoisotopic (exact) mass is 929 g/mol. The van der Waals surface area contributed by atoms with Crippen molar-refractivity contribution in [2.24, 2.45) is 0 Å². The molecule has 57 heavy (non-hydrogen) atoms. The number of hydrogen-bond acceptors (Lipinski definition) is 2. The van der Waals surface area contributed by atoms with E-state index >= 15 is 0 Å². The van der Waals surface area contributed by atoms with Gasteiger partial charge in [-0.1, -0.05) is 102 Å². The molecule has 3 aromatic heterocycles. The number of rotatable bonds is 8. The number of pyridine rings is 1. The van der Waals surface area contributed by atoms with Crippen LogP contribution in [-0.4, -0.2) is 14.1 Å². The van der Waals surface area contributed by atoms with Gasteiger partial charge in [-0.05, 0) is 107 Å². The van der Waals surface area contributed by atoms with Crippen LogP contribution in [0.2, 0.25) is 0 Å². The van der Waals surface area contributed by atoms with E-state index in [2.05, 4.69) is 188 Å². The van der Waals surface area contributed by atoms with Gasteiger partial charge in [-0.25, -0.2) is 4.98 Å². The van der Waals surface area contributed by atoms with Gasteiger partial charge in [0, 0.05) is 56.7 Å². The van der Waals surface area contributed by atoms with Gasteiger partial charge in [0.15, 0.2) is 0 Å². The minimum atomic E-state index is -0.0229. The first kappa shape index (κ1) is 40.0. The van der Waals surface area contributed by atoms with Crippen LogP contribution in [0, 0.1) is 39.2 Å². The molecule has 0 atom stereocenters. The van der Waals surface area contributed by atoms with E-state index in [1.807, 2.05) is 23.0 Å². The van der Waals surface area contributed by atoms with Crippen LogP contribution >= 0.6 is 0 Å². The van der Waals surface area contributed by atoms with Gasteiger partial charge in [-0.3, -0.25) is 4.57 Å². The van der Waals surface area contributed by atoms with E-state index in [0.717, 1.165) is 44.6 Å². The number of aromatic nitrogens is 4. The molecule has 292 valence electrons. The topological polar surface area (TPSA) is 35.9 Å². The molecule has 0 amide bonds. The second kappa shape index (κ2) is 15.6. The molecule has 3 heterocycles. The second-order valence-corrected chi connectivity index (χ2v) is 16.8. The standard InChI is InChI=1S/C51H50N4O.Pt/c1-32(2)42-15-13-16-43(33(3)4)50(42)37-26-39(53-22-23-54(31-53)47-25-35(6)34(5)24-36(47)7)29-41(27-37)56-40-18-19-45-44-14-11-12-17-46(44)55(48(45)30-40)49-28-38(20-21-52-49)51(8,9)10;/h11-28,32-33H,1-10H3;/q-2;. The van der Waals surface area contributed by atoms with Gasteiger partial charge in [0.25, 0.3) is 6.33 Å². The van der Waals surface area contributed by atoms with Gasteiger partial charge in [-0.2, -0.15) is 12.1 Å². The van der Waals surface area contributed by atoms with Gasteiger partial charge < -0.3 is 13.9 Å². The minimum absolute atomic E-state index is 0. The van der Waals surface area contributed by atoms with Crippen LogP contribution in [0.4, 0.5) is 0 Å². The molecule has 0 aliphatic heterocycles. The molecule has 0 saturated heterocycles. The molecule has 0 aliphatic rings. The zero-order chi connectivity index (χ0) is 39.5. The van der Waals surface area contributed by atoms with Crippen molar-refractivity contribution in [3.8, 4) is 39.8 Å². The van der Waals surface area contributed by atoms with Gasteiger partial charge in [-0.15, -0.1) is 35.2 Å². The van der Waals surface area contributed by atoms with E-state index in [1.54, 1.807) is 0 Å². The van der Waals surface area contributed by atoms with E-state index in [0.29, 0.717) is 23.3 Å². The van der Waals surface area contributed by atoms with E-state index in [-0.39, 0.29) is 26.5 Å². The SMILES string of the molecule is Cc1cc(C)c(-[n+]2[c-]n(-c3[c-]c(Oc4[c-]c5c(cc4)c4ccccc4n5-c4cc(C(C)(C)C)ccn4)cc(-c4c(C(C)C)cccc4C(C)C)c3)cc2)cc1C.[Pt].